The Morgan fingerprint density at radius 3 is 2.43 bits per heavy atom. The van der Waals surface area contributed by atoms with Crippen LogP contribution in [0.5, 0.6) is 5.75 Å². The molecule has 0 bridgehead atoms. The van der Waals surface area contributed by atoms with Crippen LogP contribution in [0.2, 0.25) is 5.02 Å². The molecule has 198 valence electrons. The SMILES string of the molecule is Cn1c(=NC2CCN(CCCCOc3cccc(Cl)c3)CC2)sc2ccccc21.O=C(O)C=CC(=O)O. The minimum atomic E-state index is -1.26. The topological polar surface area (TPSA) is 104 Å². The molecule has 0 spiro atoms. The number of piperidine rings is 1. The third-order valence-electron chi connectivity index (χ3n) is 5.87. The van der Waals surface area contributed by atoms with Gasteiger partial charge in [0.2, 0.25) is 0 Å². The van der Waals surface area contributed by atoms with Crippen LogP contribution in [0.3, 0.4) is 0 Å². The summed E-state index contributed by atoms with van der Waals surface area (Å²) < 4.78 is 9.32. The highest BCUT2D eigenvalue weighted by atomic mass is 35.5. The lowest BCUT2D eigenvalue weighted by molar-refractivity contribution is -0.134. The number of hydrogen-bond donors (Lipinski definition) is 2. The third-order valence-corrected chi connectivity index (χ3v) is 7.23. The maximum Gasteiger partial charge on any atom is 0.328 e. The molecule has 37 heavy (non-hydrogen) atoms. The first-order valence-corrected chi connectivity index (χ1v) is 13.3. The number of benzene rings is 2. The van der Waals surface area contributed by atoms with Crippen LogP contribution in [0.15, 0.2) is 65.7 Å². The molecule has 1 aliphatic heterocycles. The van der Waals surface area contributed by atoms with Gasteiger partial charge in [-0.25, -0.2) is 9.59 Å². The van der Waals surface area contributed by atoms with E-state index < -0.39 is 11.9 Å². The van der Waals surface area contributed by atoms with Gasteiger partial charge in [0, 0.05) is 37.3 Å². The van der Waals surface area contributed by atoms with Gasteiger partial charge in [0.25, 0.3) is 0 Å². The molecular weight excluding hydrogens is 514 g/mol. The zero-order valence-electron chi connectivity index (χ0n) is 20.8. The Kier molecular flexibility index (Phi) is 11.2. The lowest BCUT2D eigenvalue weighted by Crippen LogP contribution is -2.36. The summed E-state index contributed by atoms with van der Waals surface area (Å²) >= 11 is 7.78. The smallest absolute Gasteiger partial charge is 0.328 e. The highest BCUT2D eigenvalue weighted by Crippen LogP contribution is 2.19. The Balaban J connectivity index is 0.000000414. The summed E-state index contributed by atoms with van der Waals surface area (Å²) in [6.07, 6.45) is 5.63. The van der Waals surface area contributed by atoms with Crippen molar-refractivity contribution in [2.75, 3.05) is 26.2 Å². The molecule has 4 rings (SSSR count). The molecule has 3 aromatic rings. The number of aryl methyl sites for hydroxylation is 1. The maximum absolute atomic E-state index is 9.55. The normalized spacial score (nSPS) is 15.0. The Hall–Kier alpha value is -3.14. The van der Waals surface area contributed by atoms with E-state index in [1.54, 1.807) is 11.3 Å². The van der Waals surface area contributed by atoms with E-state index in [2.05, 4.69) is 40.8 Å². The van der Waals surface area contributed by atoms with Crippen LogP contribution in [0.1, 0.15) is 25.7 Å². The number of rotatable bonds is 9. The number of halogens is 1. The summed E-state index contributed by atoms with van der Waals surface area (Å²) in [5.41, 5.74) is 1.27. The molecule has 0 saturated carbocycles. The van der Waals surface area contributed by atoms with E-state index in [1.165, 1.54) is 10.2 Å². The van der Waals surface area contributed by atoms with Crippen LogP contribution in [0.4, 0.5) is 0 Å². The van der Waals surface area contributed by atoms with Gasteiger partial charge < -0.3 is 24.4 Å². The van der Waals surface area contributed by atoms with Gasteiger partial charge in [-0.05, 0) is 62.6 Å². The Morgan fingerprint density at radius 2 is 1.78 bits per heavy atom. The molecule has 1 aliphatic rings. The average molecular weight is 546 g/mol. The summed E-state index contributed by atoms with van der Waals surface area (Å²) in [7, 11) is 2.12. The first-order chi connectivity index (χ1) is 17.8. The molecule has 2 heterocycles. The van der Waals surface area contributed by atoms with E-state index in [0.717, 1.165) is 67.5 Å². The van der Waals surface area contributed by atoms with Crippen molar-refractivity contribution in [3.05, 3.63) is 70.5 Å². The van der Waals surface area contributed by atoms with E-state index in [-0.39, 0.29) is 0 Å². The Labute approximate surface area is 225 Å². The van der Waals surface area contributed by atoms with Crippen molar-refractivity contribution in [3.63, 3.8) is 0 Å². The van der Waals surface area contributed by atoms with Crippen molar-refractivity contribution in [3.8, 4) is 5.75 Å². The van der Waals surface area contributed by atoms with E-state index in [9.17, 15) is 9.59 Å². The summed E-state index contributed by atoms with van der Waals surface area (Å²) in [5.74, 6) is -1.66. The molecule has 0 amide bonds. The minimum absolute atomic E-state index is 0.441. The summed E-state index contributed by atoms with van der Waals surface area (Å²) in [6, 6.07) is 16.6. The summed E-state index contributed by atoms with van der Waals surface area (Å²) in [4.78, 5) is 27.9. The van der Waals surface area contributed by atoms with Crippen LogP contribution in [-0.4, -0.2) is 63.9 Å². The molecule has 1 fully saturated rings. The monoisotopic (exact) mass is 545 g/mol. The number of carboxylic acids is 2. The molecular formula is C27H32ClN3O5S. The zero-order chi connectivity index (χ0) is 26.6. The number of aromatic nitrogens is 1. The highest BCUT2D eigenvalue weighted by Gasteiger charge is 2.18. The van der Waals surface area contributed by atoms with Crippen LogP contribution >= 0.6 is 22.9 Å². The molecule has 2 aromatic carbocycles. The number of unbranched alkanes of at least 4 members (excludes halogenated alkanes) is 1. The van der Waals surface area contributed by atoms with Crippen LogP contribution < -0.4 is 9.54 Å². The van der Waals surface area contributed by atoms with Gasteiger partial charge in [-0.1, -0.05) is 41.1 Å². The van der Waals surface area contributed by atoms with Crippen molar-refractivity contribution in [2.45, 2.75) is 31.7 Å². The molecule has 0 aliphatic carbocycles. The van der Waals surface area contributed by atoms with E-state index in [0.29, 0.717) is 18.2 Å². The zero-order valence-corrected chi connectivity index (χ0v) is 22.3. The largest absolute Gasteiger partial charge is 0.494 e. The van der Waals surface area contributed by atoms with Crippen LogP contribution in [0, 0.1) is 0 Å². The number of carbonyl (C=O) groups is 2. The molecule has 1 aromatic heterocycles. The average Bonchev–Trinajstić information content (AvgIpc) is 3.19. The predicted molar refractivity (Wildman–Crippen MR) is 146 cm³/mol. The van der Waals surface area contributed by atoms with Gasteiger partial charge in [0.1, 0.15) is 5.75 Å². The Morgan fingerprint density at radius 1 is 1.08 bits per heavy atom. The van der Waals surface area contributed by atoms with Crippen molar-refractivity contribution in [1.82, 2.24) is 9.47 Å². The third kappa shape index (κ3) is 9.68. The van der Waals surface area contributed by atoms with Crippen molar-refractivity contribution >= 4 is 45.1 Å². The van der Waals surface area contributed by atoms with E-state index in [4.69, 9.17) is 31.5 Å². The van der Waals surface area contributed by atoms with E-state index in [1.807, 2.05) is 24.3 Å². The predicted octanol–water partition coefficient (Wildman–Crippen LogP) is 4.83. The molecule has 10 heteroatoms. The number of nitrogens with zero attached hydrogens (tertiary/aromatic N) is 3. The fourth-order valence-electron chi connectivity index (χ4n) is 3.96. The van der Waals surface area contributed by atoms with E-state index >= 15 is 0 Å². The number of aliphatic carboxylic acids is 2. The molecule has 1 saturated heterocycles. The van der Waals surface area contributed by atoms with Crippen molar-refractivity contribution in [1.29, 1.82) is 0 Å². The quantitative estimate of drug-likeness (QED) is 0.295. The standard InChI is InChI=1S/C23H28ClN3OS.C4H4O4/c1-26-21-9-2-3-10-22(21)29-23(26)25-19-11-14-27(15-12-19)13-4-5-16-28-20-8-6-7-18(24)17-20;5-3(6)1-2-4(7)8/h2-3,6-10,17,19H,4-5,11-16H2,1H3;1-2H,(H,5,6)(H,7,8). The lowest BCUT2D eigenvalue weighted by Gasteiger charge is -2.29. The van der Waals surface area contributed by atoms with Gasteiger partial charge >= 0.3 is 11.9 Å². The second kappa shape index (κ2) is 14.6. The molecule has 2 N–H and O–H groups in total. The lowest BCUT2D eigenvalue weighted by atomic mass is 10.1. The number of likely N-dealkylation sites (tertiary alicyclic amines) is 1. The van der Waals surface area contributed by atoms with Crippen LogP contribution in [0.25, 0.3) is 10.2 Å². The fraction of sp³-hybridized carbons (Fsp3) is 0.370. The van der Waals surface area contributed by atoms with Gasteiger partial charge in [-0.2, -0.15) is 0 Å². The Bertz CT molecular complexity index is 1260. The molecule has 8 nitrogen and oxygen atoms in total. The second-order valence-electron chi connectivity index (χ2n) is 8.64. The minimum Gasteiger partial charge on any atom is -0.494 e. The highest BCUT2D eigenvalue weighted by molar-refractivity contribution is 7.16. The number of ether oxygens (including phenoxy) is 1. The van der Waals surface area contributed by atoms with Crippen molar-refractivity contribution < 1.29 is 24.5 Å². The first kappa shape index (κ1) is 28.4. The number of hydrogen-bond acceptors (Lipinski definition) is 6. The summed E-state index contributed by atoms with van der Waals surface area (Å²) in [5, 5.41) is 16.3. The van der Waals surface area contributed by atoms with Crippen molar-refractivity contribution in [2.24, 2.45) is 12.0 Å². The number of fused-ring (bicyclic) bond motifs is 1. The second-order valence-corrected chi connectivity index (χ2v) is 10.1. The van der Waals surface area contributed by atoms with Gasteiger partial charge in [0.15, 0.2) is 4.80 Å². The maximum atomic E-state index is 9.55. The van der Waals surface area contributed by atoms with Gasteiger partial charge in [-0.15, -0.1) is 0 Å². The summed E-state index contributed by atoms with van der Waals surface area (Å²) in [6.45, 7) is 4.16. The molecule has 0 atom stereocenters. The number of thiazole rings is 1. The van der Waals surface area contributed by atoms with Gasteiger partial charge in [0.05, 0.1) is 22.9 Å². The fourth-order valence-corrected chi connectivity index (χ4v) is 5.23. The first-order valence-electron chi connectivity index (χ1n) is 12.1. The number of para-hydroxylation sites is 1. The van der Waals surface area contributed by atoms with Crippen LogP contribution in [-0.2, 0) is 16.6 Å². The van der Waals surface area contributed by atoms with Gasteiger partial charge in [-0.3, -0.25) is 4.99 Å². The number of carboxylic acid groups (broad SMARTS) is 2. The molecule has 0 unspecified atom stereocenters. The molecule has 0 radical (unpaired) electrons.